The van der Waals surface area contributed by atoms with Gasteiger partial charge in [0.15, 0.2) is 5.82 Å². The second-order valence-corrected chi connectivity index (χ2v) is 9.34. The average molecular weight is 495 g/mol. The van der Waals surface area contributed by atoms with E-state index in [9.17, 15) is 0 Å². The van der Waals surface area contributed by atoms with E-state index in [1.54, 1.807) is 7.11 Å². The lowest BCUT2D eigenvalue weighted by molar-refractivity contribution is 0.0938. The fraction of sp³-hybridized carbons (Fsp3) is 0.300. The van der Waals surface area contributed by atoms with Crippen molar-refractivity contribution in [3.63, 3.8) is 0 Å². The van der Waals surface area contributed by atoms with Gasteiger partial charge in [-0.3, -0.25) is 9.80 Å². The second kappa shape index (κ2) is 12.4. The number of tetrazole rings is 1. The van der Waals surface area contributed by atoms with Crippen LogP contribution < -0.4 is 4.74 Å². The van der Waals surface area contributed by atoms with Gasteiger partial charge in [-0.1, -0.05) is 72.8 Å². The molecule has 0 bridgehead atoms. The Morgan fingerprint density at radius 1 is 0.865 bits per heavy atom. The largest absolute Gasteiger partial charge is 0.497 e. The average Bonchev–Trinajstić information content (AvgIpc) is 3.45. The lowest BCUT2D eigenvalue weighted by atomic mass is 10.0. The van der Waals surface area contributed by atoms with Crippen molar-refractivity contribution in [2.24, 2.45) is 0 Å². The predicted octanol–water partition coefficient (Wildman–Crippen LogP) is 4.68. The van der Waals surface area contributed by atoms with Crippen molar-refractivity contribution in [3.05, 3.63) is 108 Å². The van der Waals surface area contributed by atoms with E-state index in [0.29, 0.717) is 0 Å². The summed E-state index contributed by atoms with van der Waals surface area (Å²) in [5, 5.41) is 13.0. The van der Waals surface area contributed by atoms with Gasteiger partial charge in [0.1, 0.15) is 5.75 Å². The molecule has 0 spiro atoms. The normalized spacial score (nSPS) is 15.7. The molecule has 1 atom stereocenters. The van der Waals surface area contributed by atoms with Crippen molar-refractivity contribution in [3.8, 4) is 11.4 Å². The Morgan fingerprint density at radius 3 is 2.27 bits per heavy atom. The van der Waals surface area contributed by atoms with Crippen LogP contribution in [0.1, 0.15) is 29.4 Å². The Hall–Kier alpha value is -3.81. The van der Waals surface area contributed by atoms with Crippen LogP contribution in [0.3, 0.4) is 0 Å². The summed E-state index contributed by atoms with van der Waals surface area (Å²) in [5.74, 6) is 1.70. The minimum absolute atomic E-state index is 0.124. The summed E-state index contributed by atoms with van der Waals surface area (Å²) >= 11 is 0. The van der Waals surface area contributed by atoms with Gasteiger partial charge in [0.2, 0.25) is 0 Å². The number of nitrogens with zero attached hydrogens (tertiary/aromatic N) is 6. The highest BCUT2D eigenvalue weighted by atomic mass is 16.5. The van der Waals surface area contributed by atoms with Crippen LogP contribution in [0.25, 0.3) is 11.8 Å². The predicted molar refractivity (Wildman–Crippen MR) is 147 cm³/mol. The van der Waals surface area contributed by atoms with E-state index in [-0.39, 0.29) is 6.04 Å². The van der Waals surface area contributed by atoms with E-state index in [4.69, 9.17) is 4.74 Å². The number of piperazine rings is 1. The zero-order valence-corrected chi connectivity index (χ0v) is 21.4. The van der Waals surface area contributed by atoms with E-state index < -0.39 is 0 Å². The van der Waals surface area contributed by atoms with E-state index in [1.807, 2.05) is 28.9 Å². The van der Waals surface area contributed by atoms with Gasteiger partial charge in [0.25, 0.3) is 0 Å². The topological polar surface area (TPSA) is 59.3 Å². The summed E-state index contributed by atoms with van der Waals surface area (Å²) in [7, 11) is 1.67. The Bertz CT molecular complexity index is 1250. The minimum atomic E-state index is 0.124. The Balaban J connectivity index is 1.29. The van der Waals surface area contributed by atoms with Gasteiger partial charge in [-0.15, -0.1) is 5.10 Å². The number of benzene rings is 3. The molecule has 0 aliphatic carbocycles. The molecule has 7 heteroatoms. The van der Waals surface area contributed by atoms with Crippen LogP contribution in [0.2, 0.25) is 0 Å². The third kappa shape index (κ3) is 6.50. The fourth-order valence-corrected chi connectivity index (χ4v) is 4.89. The highest BCUT2D eigenvalue weighted by Gasteiger charge is 2.29. The van der Waals surface area contributed by atoms with Gasteiger partial charge < -0.3 is 4.74 Å². The van der Waals surface area contributed by atoms with Crippen molar-refractivity contribution >= 4 is 6.08 Å². The molecule has 7 nitrogen and oxygen atoms in total. The molecule has 1 aliphatic rings. The van der Waals surface area contributed by atoms with Gasteiger partial charge in [-0.2, -0.15) is 4.68 Å². The molecule has 0 N–H and O–H groups in total. The molecule has 5 rings (SSSR count). The molecule has 37 heavy (non-hydrogen) atoms. The number of ether oxygens (including phenoxy) is 1. The molecule has 1 aromatic heterocycles. The summed E-state index contributed by atoms with van der Waals surface area (Å²) in [6, 6.07) is 29.2. The number of hydrogen-bond acceptors (Lipinski definition) is 6. The van der Waals surface area contributed by atoms with Gasteiger partial charge in [-0.05, 0) is 58.7 Å². The Kier molecular flexibility index (Phi) is 8.35. The van der Waals surface area contributed by atoms with E-state index in [1.165, 1.54) is 11.1 Å². The number of hydrogen-bond donors (Lipinski definition) is 0. The van der Waals surface area contributed by atoms with E-state index in [0.717, 1.165) is 62.8 Å². The van der Waals surface area contributed by atoms with Crippen LogP contribution in [0, 0.1) is 0 Å². The standard InChI is InChI=1S/C30H34N6O/c1-37-28-17-15-27(16-18-28)36-30(31-32-33-36)29(19-14-26-11-6-3-7-12-26)35-23-21-34(22-24-35)20-8-13-25-9-4-2-5-10-25/h2-13,15-18,29H,14,19-24H2,1H3/b13-8+. The molecule has 1 fully saturated rings. The molecule has 4 aromatic rings. The first-order valence-corrected chi connectivity index (χ1v) is 12.9. The summed E-state index contributed by atoms with van der Waals surface area (Å²) in [6.07, 6.45) is 6.40. The number of aromatic nitrogens is 4. The van der Waals surface area contributed by atoms with Gasteiger partial charge >= 0.3 is 0 Å². The molecular weight excluding hydrogens is 460 g/mol. The number of rotatable bonds is 10. The molecular formula is C30H34N6O. The first-order valence-electron chi connectivity index (χ1n) is 12.9. The SMILES string of the molecule is COc1ccc(-n2nnnc2C(CCc2ccccc2)N2CCN(C/C=C/c3ccccc3)CC2)cc1. The number of methoxy groups -OCH3 is 1. The first kappa shape index (κ1) is 24.9. The quantitative estimate of drug-likeness (QED) is 0.319. The van der Waals surface area contributed by atoms with Gasteiger partial charge in [0, 0.05) is 32.7 Å². The van der Waals surface area contributed by atoms with Crippen LogP contribution in [0.15, 0.2) is 91.0 Å². The third-order valence-corrected chi connectivity index (χ3v) is 6.98. The Labute approximate surface area is 219 Å². The maximum atomic E-state index is 5.33. The fourth-order valence-electron chi connectivity index (χ4n) is 4.89. The lowest BCUT2D eigenvalue weighted by Gasteiger charge is -2.38. The summed E-state index contributed by atoms with van der Waals surface area (Å²) in [6.45, 7) is 4.96. The number of aryl methyl sites for hydroxylation is 1. The van der Waals surface area contributed by atoms with Crippen molar-refractivity contribution in [1.29, 1.82) is 0 Å². The van der Waals surface area contributed by atoms with Crippen LogP contribution in [-0.2, 0) is 6.42 Å². The van der Waals surface area contributed by atoms with E-state index >= 15 is 0 Å². The van der Waals surface area contributed by atoms with Crippen LogP contribution in [0.5, 0.6) is 5.75 Å². The molecule has 1 saturated heterocycles. The maximum absolute atomic E-state index is 5.33. The second-order valence-electron chi connectivity index (χ2n) is 9.34. The lowest BCUT2D eigenvalue weighted by Crippen LogP contribution is -2.48. The molecule has 1 aliphatic heterocycles. The van der Waals surface area contributed by atoms with Crippen molar-refractivity contribution in [2.45, 2.75) is 18.9 Å². The summed E-state index contributed by atoms with van der Waals surface area (Å²) in [5.41, 5.74) is 3.52. The first-order chi connectivity index (χ1) is 18.3. The zero-order chi connectivity index (χ0) is 25.3. The monoisotopic (exact) mass is 494 g/mol. The van der Waals surface area contributed by atoms with Crippen LogP contribution in [-0.4, -0.2) is 69.8 Å². The molecule has 0 saturated carbocycles. The highest BCUT2D eigenvalue weighted by molar-refractivity contribution is 5.48. The molecule has 190 valence electrons. The third-order valence-electron chi connectivity index (χ3n) is 6.98. The van der Waals surface area contributed by atoms with Crippen LogP contribution >= 0.6 is 0 Å². The van der Waals surface area contributed by atoms with Crippen LogP contribution in [0.4, 0.5) is 0 Å². The van der Waals surface area contributed by atoms with Crippen molar-refractivity contribution in [2.75, 3.05) is 39.8 Å². The van der Waals surface area contributed by atoms with Gasteiger partial charge in [-0.25, -0.2) is 0 Å². The molecule has 0 radical (unpaired) electrons. The molecule has 0 amide bonds. The zero-order valence-electron chi connectivity index (χ0n) is 21.4. The highest BCUT2D eigenvalue weighted by Crippen LogP contribution is 2.27. The summed E-state index contributed by atoms with van der Waals surface area (Å²) in [4.78, 5) is 5.06. The molecule has 3 aromatic carbocycles. The van der Waals surface area contributed by atoms with Crippen molar-refractivity contribution < 1.29 is 4.74 Å². The Morgan fingerprint density at radius 2 is 1.57 bits per heavy atom. The smallest absolute Gasteiger partial charge is 0.173 e. The summed E-state index contributed by atoms with van der Waals surface area (Å²) < 4.78 is 7.21. The van der Waals surface area contributed by atoms with Crippen molar-refractivity contribution in [1.82, 2.24) is 30.0 Å². The van der Waals surface area contributed by atoms with Gasteiger partial charge in [0.05, 0.1) is 18.8 Å². The molecule has 2 heterocycles. The van der Waals surface area contributed by atoms with E-state index in [2.05, 4.69) is 98.1 Å². The molecule has 1 unspecified atom stereocenters. The minimum Gasteiger partial charge on any atom is -0.497 e. The maximum Gasteiger partial charge on any atom is 0.173 e.